The normalized spacial score (nSPS) is 23.1. The average molecular weight is 338 g/mol. The monoisotopic (exact) mass is 338 g/mol. The first-order valence-corrected chi connectivity index (χ1v) is 8.11. The summed E-state index contributed by atoms with van der Waals surface area (Å²) in [6, 6.07) is 5.27. The minimum absolute atomic E-state index is 0.0750. The predicted molar refractivity (Wildman–Crippen MR) is 84.5 cm³/mol. The third-order valence-corrected chi connectivity index (χ3v) is 4.41. The van der Waals surface area contributed by atoms with Crippen molar-refractivity contribution in [3.8, 4) is 11.5 Å². The lowest BCUT2D eigenvalue weighted by Gasteiger charge is -2.16. The van der Waals surface area contributed by atoms with Gasteiger partial charge in [-0.3, -0.25) is 0 Å². The van der Waals surface area contributed by atoms with Crippen molar-refractivity contribution in [1.29, 1.82) is 0 Å². The smallest absolute Gasteiger partial charge is 0.387 e. The van der Waals surface area contributed by atoms with E-state index < -0.39 is 6.61 Å². The maximum atomic E-state index is 12.6. The molecule has 0 amide bonds. The first kappa shape index (κ1) is 16.8. The van der Waals surface area contributed by atoms with Gasteiger partial charge >= 0.3 is 6.61 Å². The fraction of sp³-hybridized carbons (Fsp3) is 0.625. The summed E-state index contributed by atoms with van der Waals surface area (Å²) in [6.45, 7) is -1.18. The lowest BCUT2D eigenvalue weighted by atomic mass is 9.96. The number of hydrogen-bond donors (Lipinski definition) is 1. The highest BCUT2D eigenvalue weighted by Crippen LogP contribution is 2.37. The lowest BCUT2D eigenvalue weighted by molar-refractivity contribution is -0.0515. The maximum absolute atomic E-state index is 12.6. The molecule has 0 aromatic heterocycles. The topological polar surface area (TPSA) is 79.3 Å². The SMILES string of the molecule is [N-]=[N+]=NC[C@@H]1C[C@H](c2ccc(OC(F)F)c(OCC3CC3)c2)CN1. The maximum Gasteiger partial charge on any atom is 0.387 e. The van der Waals surface area contributed by atoms with E-state index in [9.17, 15) is 8.78 Å². The van der Waals surface area contributed by atoms with Crippen molar-refractivity contribution in [3.63, 3.8) is 0 Å². The van der Waals surface area contributed by atoms with E-state index >= 15 is 0 Å². The van der Waals surface area contributed by atoms with Crippen LogP contribution in [0.1, 0.15) is 30.7 Å². The number of halogens is 2. The molecule has 130 valence electrons. The molecule has 2 aliphatic rings. The Morgan fingerprint density at radius 3 is 2.88 bits per heavy atom. The van der Waals surface area contributed by atoms with Gasteiger partial charge in [-0.2, -0.15) is 8.78 Å². The first-order valence-electron chi connectivity index (χ1n) is 8.11. The largest absolute Gasteiger partial charge is 0.489 e. The minimum atomic E-state index is -2.87. The second-order valence-electron chi connectivity index (χ2n) is 6.29. The Labute approximate surface area is 138 Å². The highest BCUT2D eigenvalue weighted by molar-refractivity contribution is 5.44. The van der Waals surface area contributed by atoms with Crippen LogP contribution >= 0.6 is 0 Å². The quantitative estimate of drug-likeness (QED) is 0.444. The Morgan fingerprint density at radius 1 is 1.33 bits per heavy atom. The predicted octanol–water partition coefficient (Wildman–Crippen LogP) is 3.83. The van der Waals surface area contributed by atoms with Gasteiger partial charge in [0, 0.05) is 24.0 Å². The fourth-order valence-corrected chi connectivity index (χ4v) is 2.92. The summed E-state index contributed by atoms with van der Waals surface area (Å²) in [6.07, 6.45) is 3.08. The van der Waals surface area contributed by atoms with Crippen LogP contribution in [-0.4, -0.2) is 32.3 Å². The number of rotatable bonds is 8. The van der Waals surface area contributed by atoms with E-state index in [1.807, 2.05) is 0 Å². The van der Waals surface area contributed by atoms with Gasteiger partial charge in [-0.1, -0.05) is 11.2 Å². The van der Waals surface area contributed by atoms with Crippen LogP contribution in [0, 0.1) is 5.92 Å². The second kappa shape index (κ2) is 7.68. The number of hydrogen-bond acceptors (Lipinski definition) is 4. The van der Waals surface area contributed by atoms with Gasteiger partial charge < -0.3 is 14.8 Å². The number of ether oxygens (including phenoxy) is 2. The Hall–Kier alpha value is -2.05. The van der Waals surface area contributed by atoms with E-state index in [0.717, 1.165) is 31.4 Å². The molecule has 2 atom stereocenters. The van der Waals surface area contributed by atoms with E-state index in [1.54, 1.807) is 18.2 Å². The van der Waals surface area contributed by atoms with E-state index in [0.29, 0.717) is 24.8 Å². The van der Waals surface area contributed by atoms with Crippen molar-refractivity contribution < 1.29 is 18.3 Å². The van der Waals surface area contributed by atoms with Crippen molar-refractivity contribution in [1.82, 2.24) is 5.32 Å². The third kappa shape index (κ3) is 4.49. The van der Waals surface area contributed by atoms with Crippen LogP contribution in [-0.2, 0) is 0 Å². The molecule has 1 aliphatic heterocycles. The van der Waals surface area contributed by atoms with E-state index in [2.05, 4.69) is 20.1 Å². The van der Waals surface area contributed by atoms with Gasteiger partial charge in [0.2, 0.25) is 0 Å². The molecule has 1 N–H and O–H groups in total. The summed E-state index contributed by atoms with van der Waals surface area (Å²) in [7, 11) is 0. The molecule has 1 heterocycles. The lowest BCUT2D eigenvalue weighted by Crippen LogP contribution is -2.23. The fourth-order valence-electron chi connectivity index (χ4n) is 2.92. The van der Waals surface area contributed by atoms with E-state index in [-0.39, 0.29) is 17.7 Å². The molecule has 1 saturated carbocycles. The zero-order valence-electron chi connectivity index (χ0n) is 13.2. The van der Waals surface area contributed by atoms with Crippen LogP contribution in [0.4, 0.5) is 8.78 Å². The van der Waals surface area contributed by atoms with Crippen LogP contribution in [0.3, 0.4) is 0 Å². The number of azide groups is 1. The highest BCUT2D eigenvalue weighted by atomic mass is 19.3. The van der Waals surface area contributed by atoms with Crippen molar-refractivity contribution >= 4 is 0 Å². The Morgan fingerprint density at radius 2 is 2.17 bits per heavy atom. The van der Waals surface area contributed by atoms with Crippen molar-refractivity contribution in [2.24, 2.45) is 11.0 Å². The first-order chi connectivity index (χ1) is 11.7. The highest BCUT2D eigenvalue weighted by Gasteiger charge is 2.27. The van der Waals surface area contributed by atoms with Gasteiger partial charge in [0.05, 0.1) is 6.61 Å². The van der Waals surface area contributed by atoms with Crippen molar-refractivity contribution in [2.75, 3.05) is 19.7 Å². The molecule has 0 spiro atoms. The standard InChI is InChI=1S/C16H20F2N4O2/c17-16(18)24-14-4-3-11(6-15(14)23-9-10-1-2-10)12-5-13(20-7-12)8-21-22-19/h3-4,6,10,12-13,16,20H,1-2,5,7-9H2/t12-,13-/m0/s1. The molecule has 8 heteroatoms. The summed E-state index contributed by atoms with van der Waals surface area (Å²) < 4.78 is 35.4. The van der Waals surface area contributed by atoms with E-state index in [1.165, 1.54) is 0 Å². The summed E-state index contributed by atoms with van der Waals surface area (Å²) in [5, 5.41) is 6.90. The van der Waals surface area contributed by atoms with Gasteiger partial charge in [0.15, 0.2) is 11.5 Å². The molecule has 3 rings (SSSR count). The summed E-state index contributed by atoms with van der Waals surface area (Å²) in [5.74, 6) is 1.20. The zero-order chi connectivity index (χ0) is 16.9. The molecule has 24 heavy (non-hydrogen) atoms. The molecule has 2 fully saturated rings. The number of alkyl halides is 2. The Balaban J connectivity index is 1.70. The summed E-state index contributed by atoms with van der Waals surface area (Å²) in [5.41, 5.74) is 9.41. The molecular weight excluding hydrogens is 318 g/mol. The Bertz CT molecular complexity index is 618. The molecule has 0 unspecified atom stereocenters. The molecule has 0 bridgehead atoms. The number of nitrogens with zero attached hydrogens (tertiary/aromatic N) is 3. The molecule has 6 nitrogen and oxygen atoms in total. The summed E-state index contributed by atoms with van der Waals surface area (Å²) >= 11 is 0. The molecule has 1 aliphatic carbocycles. The van der Waals surface area contributed by atoms with Crippen LogP contribution in [0.2, 0.25) is 0 Å². The summed E-state index contributed by atoms with van der Waals surface area (Å²) in [4.78, 5) is 2.77. The third-order valence-electron chi connectivity index (χ3n) is 4.41. The van der Waals surface area contributed by atoms with Crippen LogP contribution < -0.4 is 14.8 Å². The zero-order valence-corrected chi connectivity index (χ0v) is 13.2. The van der Waals surface area contributed by atoms with Crippen molar-refractivity contribution in [2.45, 2.75) is 37.8 Å². The van der Waals surface area contributed by atoms with Gasteiger partial charge in [0.1, 0.15) is 0 Å². The van der Waals surface area contributed by atoms with Gasteiger partial charge in [0.25, 0.3) is 0 Å². The van der Waals surface area contributed by atoms with Gasteiger partial charge in [-0.15, -0.1) is 0 Å². The average Bonchev–Trinajstić information content (AvgIpc) is 3.27. The van der Waals surface area contributed by atoms with E-state index in [4.69, 9.17) is 10.3 Å². The van der Waals surface area contributed by atoms with Crippen molar-refractivity contribution in [3.05, 3.63) is 34.2 Å². The number of benzene rings is 1. The molecule has 1 aromatic carbocycles. The molecule has 1 aromatic rings. The van der Waals surface area contributed by atoms with Crippen LogP contribution in [0.15, 0.2) is 23.3 Å². The Kier molecular flexibility index (Phi) is 5.37. The molecule has 0 radical (unpaired) electrons. The number of nitrogens with one attached hydrogen (secondary N) is 1. The van der Waals surface area contributed by atoms with Crippen LogP contribution in [0.25, 0.3) is 10.4 Å². The molecular formula is C16H20F2N4O2. The van der Waals surface area contributed by atoms with Gasteiger partial charge in [-0.05, 0) is 54.3 Å². The van der Waals surface area contributed by atoms with Crippen LogP contribution in [0.5, 0.6) is 11.5 Å². The minimum Gasteiger partial charge on any atom is -0.489 e. The molecule has 1 saturated heterocycles. The second-order valence-corrected chi connectivity index (χ2v) is 6.29. The van der Waals surface area contributed by atoms with Gasteiger partial charge in [-0.25, -0.2) is 0 Å².